The van der Waals surface area contributed by atoms with E-state index in [1.54, 1.807) is 12.1 Å². The predicted octanol–water partition coefficient (Wildman–Crippen LogP) is 3.56. The van der Waals surface area contributed by atoms with Crippen LogP contribution in [0, 0.1) is 0 Å². The molecule has 1 atom stereocenters. The smallest absolute Gasteiger partial charge is 0.251 e. The van der Waals surface area contributed by atoms with Crippen molar-refractivity contribution >= 4 is 50.7 Å². The molecule has 4 rings (SSSR count). The summed E-state index contributed by atoms with van der Waals surface area (Å²) in [6.45, 7) is 3.01. The molecule has 0 N–H and O–H groups in total. The highest BCUT2D eigenvalue weighted by atomic mass is 79.9. The van der Waals surface area contributed by atoms with Gasteiger partial charge in [-0.25, -0.2) is 4.90 Å². The van der Waals surface area contributed by atoms with Gasteiger partial charge in [0.25, 0.3) is 5.91 Å². The summed E-state index contributed by atoms with van der Waals surface area (Å²) < 4.78 is 0.914. The number of para-hydroxylation sites is 1. The van der Waals surface area contributed by atoms with Crippen LogP contribution in [0.2, 0.25) is 5.02 Å². The third kappa shape index (κ3) is 3.61. The number of halogens is 2. The Balaban J connectivity index is 1.44. The van der Waals surface area contributed by atoms with Crippen LogP contribution in [0.4, 0.5) is 11.4 Å². The molecule has 2 aliphatic heterocycles. The van der Waals surface area contributed by atoms with Crippen LogP contribution in [0.15, 0.2) is 53.0 Å². The summed E-state index contributed by atoms with van der Waals surface area (Å²) in [4.78, 5) is 31.1. The maximum atomic E-state index is 12.9. The highest BCUT2D eigenvalue weighted by Gasteiger charge is 2.43. The molecule has 0 radical (unpaired) electrons. The van der Waals surface area contributed by atoms with Gasteiger partial charge in [-0.1, -0.05) is 39.7 Å². The number of piperazine rings is 1. The van der Waals surface area contributed by atoms with Crippen molar-refractivity contribution in [3.8, 4) is 0 Å². The lowest BCUT2D eigenvalue weighted by atomic mass is 10.1. The maximum absolute atomic E-state index is 12.9. The fraction of sp³-hybridized carbons (Fsp3) is 0.300. The minimum Gasteiger partial charge on any atom is -0.368 e. The van der Waals surface area contributed by atoms with E-state index >= 15 is 0 Å². The van der Waals surface area contributed by atoms with Gasteiger partial charge in [-0.15, -0.1) is 0 Å². The van der Waals surface area contributed by atoms with E-state index in [0.717, 1.165) is 41.4 Å². The number of carbonyl (C=O) groups excluding carboxylic acids is 2. The minimum absolute atomic E-state index is 0.131. The molecule has 5 nitrogen and oxygen atoms in total. The molecule has 2 aromatic carbocycles. The Hall–Kier alpha value is -1.89. The Bertz CT molecular complexity index is 866. The third-order valence-corrected chi connectivity index (χ3v) is 6.00. The minimum atomic E-state index is -0.380. The second-order valence-corrected chi connectivity index (χ2v) is 8.06. The Morgan fingerprint density at radius 3 is 2.26 bits per heavy atom. The summed E-state index contributed by atoms with van der Waals surface area (Å²) in [6, 6.07) is 14.7. The number of benzene rings is 2. The molecule has 2 saturated heterocycles. The molecule has 2 aromatic rings. The molecule has 0 spiro atoms. The van der Waals surface area contributed by atoms with Gasteiger partial charge < -0.3 is 4.90 Å². The summed E-state index contributed by atoms with van der Waals surface area (Å²) in [6.07, 6.45) is 0.237. The van der Waals surface area contributed by atoms with E-state index < -0.39 is 0 Å². The first-order valence-electron chi connectivity index (χ1n) is 8.90. The van der Waals surface area contributed by atoms with Crippen LogP contribution in [0.1, 0.15) is 6.42 Å². The molecule has 0 unspecified atom stereocenters. The van der Waals surface area contributed by atoms with Crippen molar-refractivity contribution < 1.29 is 9.59 Å². The molecule has 2 aliphatic rings. The van der Waals surface area contributed by atoms with E-state index in [9.17, 15) is 9.59 Å². The SMILES string of the molecule is O=C1C[C@@H](N2CCN(c3ccccc3Cl)CC2)C(=O)N1c1ccc(Br)cc1. The number of rotatable bonds is 3. The van der Waals surface area contributed by atoms with Gasteiger partial charge in [0.1, 0.15) is 0 Å². The molecule has 2 amide bonds. The van der Waals surface area contributed by atoms with Crippen LogP contribution in [0.25, 0.3) is 0 Å². The molecule has 0 bridgehead atoms. The van der Waals surface area contributed by atoms with Crippen molar-refractivity contribution in [3.63, 3.8) is 0 Å². The standard InChI is InChI=1S/C20H19BrClN3O2/c21-14-5-7-15(8-6-14)25-19(26)13-18(20(25)27)24-11-9-23(10-12-24)17-4-2-1-3-16(17)22/h1-8,18H,9-13H2/t18-/m1/s1. The Morgan fingerprint density at radius 1 is 0.926 bits per heavy atom. The Labute approximate surface area is 171 Å². The van der Waals surface area contributed by atoms with Crippen LogP contribution in [-0.4, -0.2) is 48.9 Å². The van der Waals surface area contributed by atoms with Gasteiger partial charge >= 0.3 is 0 Å². The van der Waals surface area contributed by atoms with Gasteiger partial charge in [-0.3, -0.25) is 14.5 Å². The fourth-order valence-electron chi connectivity index (χ4n) is 3.75. The summed E-state index contributed by atoms with van der Waals surface area (Å²) in [5, 5.41) is 0.736. The Morgan fingerprint density at radius 2 is 1.59 bits per heavy atom. The number of hydrogen-bond acceptors (Lipinski definition) is 4. The van der Waals surface area contributed by atoms with E-state index in [1.807, 2.05) is 36.4 Å². The van der Waals surface area contributed by atoms with Crippen molar-refractivity contribution in [2.75, 3.05) is 36.0 Å². The van der Waals surface area contributed by atoms with E-state index in [-0.39, 0.29) is 24.3 Å². The second-order valence-electron chi connectivity index (χ2n) is 6.74. The zero-order chi connectivity index (χ0) is 19.0. The van der Waals surface area contributed by atoms with Crippen LogP contribution in [-0.2, 0) is 9.59 Å². The van der Waals surface area contributed by atoms with E-state index in [4.69, 9.17) is 11.6 Å². The van der Waals surface area contributed by atoms with Crippen LogP contribution < -0.4 is 9.80 Å². The van der Waals surface area contributed by atoms with Crippen molar-refractivity contribution in [2.24, 2.45) is 0 Å². The molecule has 2 heterocycles. The number of amides is 2. The predicted molar refractivity (Wildman–Crippen MR) is 110 cm³/mol. The lowest BCUT2D eigenvalue weighted by Crippen LogP contribution is -2.52. The van der Waals surface area contributed by atoms with Crippen molar-refractivity contribution in [1.82, 2.24) is 4.90 Å². The van der Waals surface area contributed by atoms with Gasteiger partial charge in [-0.05, 0) is 36.4 Å². The summed E-state index contributed by atoms with van der Waals surface area (Å²) >= 11 is 9.68. The molecule has 2 fully saturated rings. The number of hydrogen-bond donors (Lipinski definition) is 0. The summed E-state index contributed by atoms with van der Waals surface area (Å²) in [5.74, 6) is -0.269. The van der Waals surface area contributed by atoms with Gasteiger partial charge in [0, 0.05) is 30.7 Å². The number of imide groups is 1. The van der Waals surface area contributed by atoms with Crippen molar-refractivity contribution in [3.05, 3.63) is 58.0 Å². The second kappa shape index (κ2) is 7.62. The zero-order valence-corrected chi connectivity index (χ0v) is 17.0. The molecule has 0 aliphatic carbocycles. The van der Waals surface area contributed by atoms with E-state index in [0.29, 0.717) is 5.69 Å². The van der Waals surface area contributed by atoms with Gasteiger partial charge in [0.05, 0.1) is 28.9 Å². The molecule has 0 aromatic heterocycles. The number of carbonyl (C=O) groups is 2. The quantitative estimate of drug-likeness (QED) is 0.674. The van der Waals surface area contributed by atoms with Gasteiger partial charge in [0.2, 0.25) is 5.91 Å². The monoisotopic (exact) mass is 447 g/mol. The van der Waals surface area contributed by atoms with Crippen LogP contribution >= 0.6 is 27.5 Å². The van der Waals surface area contributed by atoms with Crippen LogP contribution in [0.5, 0.6) is 0 Å². The molecule has 27 heavy (non-hydrogen) atoms. The lowest BCUT2D eigenvalue weighted by molar-refractivity contribution is -0.123. The third-order valence-electron chi connectivity index (χ3n) is 5.16. The molecule has 0 saturated carbocycles. The first-order valence-corrected chi connectivity index (χ1v) is 10.1. The van der Waals surface area contributed by atoms with Crippen molar-refractivity contribution in [1.29, 1.82) is 0 Å². The summed E-state index contributed by atoms with van der Waals surface area (Å²) in [7, 11) is 0. The van der Waals surface area contributed by atoms with E-state index in [2.05, 4.69) is 25.7 Å². The first kappa shape index (κ1) is 18.5. The highest BCUT2D eigenvalue weighted by molar-refractivity contribution is 9.10. The maximum Gasteiger partial charge on any atom is 0.251 e. The summed E-state index contributed by atoms with van der Waals surface area (Å²) in [5.41, 5.74) is 1.65. The normalized spacial score (nSPS) is 21.2. The van der Waals surface area contributed by atoms with E-state index in [1.165, 1.54) is 4.90 Å². The number of nitrogens with zero attached hydrogens (tertiary/aromatic N) is 3. The highest BCUT2D eigenvalue weighted by Crippen LogP contribution is 2.29. The van der Waals surface area contributed by atoms with Crippen molar-refractivity contribution in [2.45, 2.75) is 12.5 Å². The fourth-order valence-corrected chi connectivity index (χ4v) is 4.26. The largest absolute Gasteiger partial charge is 0.368 e. The number of anilines is 2. The average Bonchev–Trinajstić information content (AvgIpc) is 2.97. The lowest BCUT2D eigenvalue weighted by Gasteiger charge is -2.38. The first-order chi connectivity index (χ1) is 13.0. The zero-order valence-electron chi connectivity index (χ0n) is 14.6. The molecule has 140 valence electrons. The molecule has 7 heteroatoms. The average molecular weight is 449 g/mol. The van der Waals surface area contributed by atoms with Crippen LogP contribution in [0.3, 0.4) is 0 Å². The molecular weight excluding hydrogens is 430 g/mol. The topological polar surface area (TPSA) is 43.9 Å². The van der Waals surface area contributed by atoms with Gasteiger partial charge in [-0.2, -0.15) is 0 Å². The molecular formula is C20H19BrClN3O2. The Kier molecular flexibility index (Phi) is 5.21. The van der Waals surface area contributed by atoms with Gasteiger partial charge in [0.15, 0.2) is 0 Å².